The maximum atomic E-state index is 11.6. The lowest BCUT2D eigenvalue weighted by molar-refractivity contribution is -0.309. The van der Waals surface area contributed by atoms with E-state index in [4.69, 9.17) is 9.47 Å². The molecule has 0 saturated carbocycles. The maximum Gasteiger partial charge on any atom is 0.333 e. The summed E-state index contributed by atoms with van der Waals surface area (Å²) in [7, 11) is 0. The first-order valence-corrected chi connectivity index (χ1v) is 8.24. The van der Waals surface area contributed by atoms with Gasteiger partial charge in [0.05, 0.1) is 6.42 Å². The monoisotopic (exact) mass is 339 g/mol. The van der Waals surface area contributed by atoms with Gasteiger partial charge in [-0.05, 0) is 19.8 Å². The number of hydrogen-bond acceptors (Lipinski definition) is 6. The second-order valence-electron chi connectivity index (χ2n) is 5.54. The molecule has 0 aliphatic rings. The standard InChI is InChI=1S/C18H28O6/c1-4-5-6-7-8-9-10-15(17(20)21)13-16(19)23-11-12-24-18(22)14(2)3/h9-10,15H,2,4-8,11-13H2,1,3H3,(H,20,21)/p-1/b10-9+. The maximum absolute atomic E-state index is 11.6. The Kier molecular flexibility index (Phi) is 12.2. The van der Waals surface area contributed by atoms with Crippen molar-refractivity contribution in [2.45, 2.75) is 52.4 Å². The van der Waals surface area contributed by atoms with Gasteiger partial charge in [0.2, 0.25) is 0 Å². The molecular weight excluding hydrogens is 312 g/mol. The molecule has 0 amide bonds. The van der Waals surface area contributed by atoms with Crippen molar-refractivity contribution < 1.29 is 29.0 Å². The highest BCUT2D eigenvalue weighted by Gasteiger charge is 2.13. The number of aliphatic carboxylic acids is 1. The van der Waals surface area contributed by atoms with Crippen molar-refractivity contribution in [3.05, 3.63) is 24.3 Å². The molecule has 136 valence electrons. The number of unbranched alkanes of at least 4 members (excludes halogenated alkanes) is 4. The Labute approximate surface area is 143 Å². The van der Waals surface area contributed by atoms with Crippen molar-refractivity contribution in [3.8, 4) is 0 Å². The summed E-state index contributed by atoms with van der Waals surface area (Å²) >= 11 is 0. The number of rotatable bonds is 13. The molecule has 0 spiro atoms. The Morgan fingerprint density at radius 2 is 1.79 bits per heavy atom. The van der Waals surface area contributed by atoms with Crippen LogP contribution in [0.4, 0.5) is 0 Å². The molecule has 0 heterocycles. The Morgan fingerprint density at radius 3 is 2.38 bits per heavy atom. The van der Waals surface area contributed by atoms with Crippen LogP contribution in [0.3, 0.4) is 0 Å². The summed E-state index contributed by atoms with van der Waals surface area (Å²) in [5, 5.41) is 11.0. The van der Waals surface area contributed by atoms with Crippen molar-refractivity contribution in [2.75, 3.05) is 13.2 Å². The van der Waals surface area contributed by atoms with E-state index in [9.17, 15) is 19.5 Å². The second-order valence-corrected chi connectivity index (χ2v) is 5.54. The van der Waals surface area contributed by atoms with Gasteiger partial charge in [0.15, 0.2) is 0 Å². The zero-order valence-corrected chi connectivity index (χ0v) is 14.5. The molecule has 0 aliphatic carbocycles. The van der Waals surface area contributed by atoms with Crippen LogP contribution < -0.4 is 5.11 Å². The fraction of sp³-hybridized carbons (Fsp3) is 0.611. The molecule has 0 N–H and O–H groups in total. The number of carboxylic acids is 1. The van der Waals surface area contributed by atoms with Crippen molar-refractivity contribution in [2.24, 2.45) is 5.92 Å². The van der Waals surface area contributed by atoms with E-state index >= 15 is 0 Å². The molecule has 0 aliphatic heterocycles. The van der Waals surface area contributed by atoms with Crippen LogP contribution in [-0.2, 0) is 23.9 Å². The average Bonchev–Trinajstić information content (AvgIpc) is 2.53. The fourth-order valence-corrected chi connectivity index (χ4v) is 1.83. The van der Waals surface area contributed by atoms with Crippen LogP contribution in [0.25, 0.3) is 0 Å². The van der Waals surface area contributed by atoms with E-state index in [0.29, 0.717) is 0 Å². The summed E-state index contributed by atoms with van der Waals surface area (Å²) in [6.07, 6.45) is 8.09. The minimum Gasteiger partial charge on any atom is -0.550 e. The predicted molar refractivity (Wildman–Crippen MR) is 87.7 cm³/mol. The zero-order chi connectivity index (χ0) is 18.4. The zero-order valence-electron chi connectivity index (χ0n) is 14.5. The minimum absolute atomic E-state index is 0.0965. The van der Waals surface area contributed by atoms with Gasteiger partial charge in [-0.15, -0.1) is 0 Å². The average molecular weight is 339 g/mol. The van der Waals surface area contributed by atoms with Crippen LogP contribution in [0, 0.1) is 5.92 Å². The highest BCUT2D eigenvalue weighted by atomic mass is 16.6. The molecule has 1 unspecified atom stereocenters. The Balaban J connectivity index is 4.06. The largest absolute Gasteiger partial charge is 0.550 e. The molecule has 24 heavy (non-hydrogen) atoms. The van der Waals surface area contributed by atoms with Crippen LogP contribution in [0.5, 0.6) is 0 Å². The SMILES string of the molecule is C=C(C)C(=O)OCCOC(=O)CC(/C=C/CCCCCC)C(=O)[O-]. The van der Waals surface area contributed by atoms with E-state index in [2.05, 4.69) is 13.5 Å². The molecule has 0 aromatic heterocycles. The summed E-state index contributed by atoms with van der Waals surface area (Å²) in [5.41, 5.74) is 0.252. The van der Waals surface area contributed by atoms with Gasteiger partial charge in [-0.3, -0.25) is 4.79 Å². The molecule has 0 bridgehead atoms. The molecule has 6 heteroatoms. The Bertz CT molecular complexity index is 452. The van der Waals surface area contributed by atoms with E-state index in [0.717, 1.165) is 32.1 Å². The molecule has 1 atom stereocenters. The molecule has 0 aromatic carbocycles. The van der Waals surface area contributed by atoms with Gasteiger partial charge in [-0.1, -0.05) is 44.9 Å². The Hall–Kier alpha value is -2.11. The first kappa shape index (κ1) is 21.9. The van der Waals surface area contributed by atoms with Crippen LogP contribution in [0.1, 0.15) is 52.4 Å². The van der Waals surface area contributed by atoms with Crippen LogP contribution in [0.2, 0.25) is 0 Å². The molecule has 0 fully saturated rings. The number of carbonyl (C=O) groups is 3. The molecule has 0 rings (SSSR count). The first-order valence-electron chi connectivity index (χ1n) is 8.24. The molecule has 0 radical (unpaired) electrons. The normalized spacial score (nSPS) is 11.9. The quantitative estimate of drug-likeness (QED) is 0.220. The van der Waals surface area contributed by atoms with Gasteiger partial charge in [0.25, 0.3) is 0 Å². The lowest BCUT2D eigenvalue weighted by atomic mass is 10.0. The van der Waals surface area contributed by atoms with Gasteiger partial charge >= 0.3 is 11.9 Å². The second kappa shape index (κ2) is 13.3. The number of hydrogen-bond donors (Lipinski definition) is 0. The van der Waals surface area contributed by atoms with E-state index < -0.39 is 23.8 Å². The van der Waals surface area contributed by atoms with E-state index in [1.807, 2.05) is 0 Å². The van der Waals surface area contributed by atoms with Gasteiger partial charge in [-0.2, -0.15) is 0 Å². The smallest absolute Gasteiger partial charge is 0.333 e. The summed E-state index contributed by atoms with van der Waals surface area (Å²) in [4.78, 5) is 33.8. The third-order valence-electron chi connectivity index (χ3n) is 3.21. The van der Waals surface area contributed by atoms with Crippen LogP contribution in [0.15, 0.2) is 24.3 Å². The number of ether oxygens (including phenoxy) is 2. The number of allylic oxidation sites excluding steroid dienone is 1. The van der Waals surface area contributed by atoms with Crippen molar-refractivity contribution in [3.63, 3.8) is 0 Å². The van der Waals surface area contributed by atoms with Gasteiger partial charge in [-0.25, -0.2) is 4.79 Å². The third kappa shape index (κ3) is 11.5. The lowest BCUT2D eigenvalue weighted by Crippen LogP contribution is -2.32. The summed E-state index contributed by atoms with van der Waals surface area (Å²) in [6.45, 7) is 6.82. The fourth-order valence-electron chi connectivity index (χ4n) is 1.83. The molecule has 0 saturated heterocycles. The van der Waals surface area contributed by atoms with Crippen LogP contribution >= 0.6 is 0 Å². The van der Waals surface area contributed by atoms with Crippen molar-refractivity contribution in [1.82, 2.24) is 0 Å². The molecule has 0 aromatic rings. The number of carboxylic acid groups (broad SMARTS) is 1. The first-order chi connectivity index (χ1) is 11.4. The number of esters is 2. The van der Waals surface area contributed by atoms with Crippen molar-refractivity contribution in [1.29, 1.82) is 0 Å². The topological polar surface area (TPSA) is 92.7 Å². The lowest BCUT2D eigenvalue weighted by Gasteiger charge is -2.13. The third-order valence-corrected chi connectivity index (χ3v) is 3.21. The van der Waals surface area contributed by atoms with Gasteiger partial charge in [0, 0.05) is 17.5 Å². The van der Waals surface area contributed by atoms with E-state index in [1.165, 1.54) is 13.0 Å². The summed E-state index contributed by atoms with van der Waals surface area (Å²) in [6, 6.07) is 0. The predicted octanol–water partition coefficient (Wildman–Crippen LogP) is 1.93. The van der Waals surface area contributed by atoms with Crippen molar-refractivity contribution >= 4 is 17.9 Å². The Morgan fingerprint density at radius 1 is 1.12 bits per heavy atom. The summed E-state index contributed by atoms with van der Waals surface area (Å²) < 4.78 is 9.60. The molecular formula is C18H27O6-. The van der Waals surface area contributed by atoms with E-state index in [1.54, 1.807) is 6.08 Å². The highest BCUT2D eigenvalue weighted by molar-refractivity contribution is 5.86. The minimum atomic E-state index is -1.31. The number of carbonyl (C=O) groups excluding carboxylic acids is 3. The van der Waals surface area contributed by atoms with Gasteiger partial charge < -0.3 is 19.4 Å². The highest BCUT2D eigenvalue weighted by Crippen LogP contribution is 2.09. The van der Waals surface area contributed by atoms with Crippen LogP contribution in [-0.4, -0.2) is 31.1 Å². The molecule has 6 nitrogen and oxygen atoms in total. The summed E-state index contributed by atoms with van der Waals surface area (Å²) in [5.74, 6) is -3.57. The van der Waals surface area contributed by atoms with E-state index in [-0.39, 0.29) is 25.2 Å². The van der Waals surface area contributed by atoms with Gasteiger partial charge in [0.1, 0.15) is 13.2 Å².